The highest BCUT2D eigenvalue weighted by Crippen LogP contribution is 2.36. The molecule has 0 amide bonds. The Bertz CT molecular complexity index is 356. The Morgan fingerprint density at radius 3 is 2.80 bits per heavy atom. The second-order valence-corrected chi connectivity index (χ2v) is 3.97. The zero-order chi connectivity index (χ0) is 11.0. The van der Waals surface area contributed by atoms with E-state index in [0.717, 1.165) is 0 Å². The van der Waals surface area contributed by atoms with Gasteiger partial charge in [0.05, 0.1) is 12.0 Å². The minimum absolute atomic E-state index is 0.193. The van der Waals surface area contributed by atoms with Crippen LogP contribution in [0.25, 0.3) is 0 Å². The molecule has 0 bridgehead atoms. The van der Waals surface area contributed by atoms with Crippen molar-refractivity contribution in [2.24, 2.45) is 17.8 Å². The predicted molar refractivity (Wildman–Crippen MR) is 52.0 cm³/mol. The van der Waals surface area contributed by atoms with Crippen LogP contribution in [0, 0.1) is 17.8 Å². The summed E-state index contributed by atoms with van der Waals surface area (Å²) in [7, 11) is 0. The number of aliphatic hydroxyl groups is 1. The van der Waals surface area contributed by atoms with E-state index in [0.29, 0.717) is 6.42 Å². The summed E-state index contributed by atoms with van der Waals surface area (Å²) in [6, 6.07) is 0. The Morgan fingerprint density at radius 1 is 1.40 bits per heavy atom. The van der Waals surface area contributed by atoms with Crippen LogP contribution in [0.1, 0.15) is 6.42 Å². The molecule has 4 nitrogen and oxygen atoms in total. The zero-order valence-corrected chi connectivity index (χ0v) is 8.04. The smallest absolute Gasteiger partial charge is 0.311 e. The lowest BCUT2D eigenvalue weighted by atomic mass is 9.69. The quantitative estimate of drug-likeness (QED) is 0.611. The van der Waals surface area contributed by atoms with Crippen LogP contribution in [0.3, 0.4) is 0 Å². The lowest BCUT2D eigenvalue weighted by Crippen LogP contribution is -2.42. The second-order valence-electron chi connectivity index (χ2n) is 3.97. The number of carbonyl (C=O) groups excluding carboxylic acids is 1. The summed E-state index contributed by atoms with van der Waals surface area (Å²) >= 11 is 0. The average molecular weight is 208 g/mol. The van der Waals surface area contributed by atoms with Gasteiger partial charge in [-0.15, -0.1) is 0 Å². The van der Waals surface area contributed by atoms with Crippen LogP contribution in [-0.4, -0.2) is 28.1 Å². The van der Waals surface area contributed by atoms with Crippen molar-refractivity contribution in [2.75, 3.05) is 0 Å². The molecule has 0 aliphatic heterocycles. The number of allylic oxidation sites excluding steroid dienone is 2. The highest BCUT2D eigenvalue weighted by atomic mass is 16.4. The van der Waals surface area contributed by atoms with E-state index in [4.69, 9.17) is 5.11 Å². The van der Waals surface area contributed by atoms with Crippen molar-refractivity contribution in [3.05, 3.63) is 24.3 Å². The van der Waals surface area contributed by atoms with Gasteiger partial charge in [-0.2, -0.15) is 0 Å². The van der Waals surface area contributed by atoms with Crippen molar-refractivity contribution in [3.63, 3.8) is 0 Å². The molecule has 0 saturated carbocycles. The molecule has 4 heteroatoms. The molecule has 0 heterocycles. The van der Waals surface area contributed by atoms with Crippen molar-refractivity contribution in [1.29, 1.82) is 0 Å². The number of aliphatic hydroxyl groups excluding tert-OH is 1. The van der Waals surface area contributed by atoms with E-state index in [1.165, 1.54) is 12.2 Å². The van der Waals surface area contributed by atoms with Gasteiger partial charge in [-0.05, 0) is 12.5 Å². The van der Waals surface area contributed by atoms with Gasteiger partial charge in [0, 0.05) is 11.8 Å². The summed E-state index contributed by atoms with van der Waals surface area (Å²) in [6.07, 6.45) is 5.87. The van der Waals surface area contributed by atoms with Crippen LogP contribution in [0.2, 0.25) is 0 Å². The minimum Gasteiger partial charge on any atom is -0.481 e. The first kappa shape index (κ1) is 10.1. The number of hydrogen-bond acceptors (Lipinski definition) is 3. The largest absolute Gasteiger partial charge is 0.481 e. The second kappa shape index (κ2) is 3.62. The highest BCUT2D eigenvalue weighted by molar-refractivity contribution is 5.96. The Labute approximate surface area is 86.9 Å². The first-order valence-corrected chi connectivity index (χ1v) is 4.91. The van der Waals surface area contributed by atoms with Gasteiger partial charge in [0.15, 0.2) is 5.78 Å². The van der Waals surface area contributed by atoms with Crippen LogP contribution >= 0.6 is 0 Å². The highest BCUT2D eigenvalue weighted by Gasteiger charge is 2.43. The van der Waals surface area contributed by atoms with Crippen molar-refractivity contribution < 1.29 is 19.8 Å². The van der Waals surface area contributed by atoms with E-state index >= 15 is 0 Å². The number of rotatable bonds is 1. The molecule has 0 aromatic heterocycles. The Balaban J connectivity index is 2.36. The maximum absolute atomic E-state index is 11.6. The molecule has 2 rings (SSSR count). The molecule has 0 radical (unpaired) electrons. The summed E-state index contributed by atoms with van der Waals surface area (Å²) in [5.41, 5.74) is 0. The van der Waals surface area contributed by atoms with Crippen molar-refractivity contribution in [3.8, 4) is 0 Å². The third kappa shape index (κ3) is 1.61. The minimum atomic E-state index is -1.00. The van der Waals surface area contributed by atoms with Crippen molar-refractivity contribution >= 4 is 11.8 Å². The number of fused-ring (bicyclic) bond motifs is 1. The number of carboxylic acid groups (broad SMARTS) is 1. The maximum Gasteiger partial charge on any atom is 0.311 e. The number of carboxylic acids is 1. The molecule has 0 saturated heterocycles. The Morgan fingerprint density at radius 2 is 2.13 bits per heavy atom. The molecule has 15 heavy (non-hydrogen) atoms. The summed E-state index contributed by atoms with van der Waals surface area (Å²) in [6.45, 7) is 0. The van der Waals surface area contributed by atoms with Gasteiger partial charge in [-0.25, -0.2) is 0 Å². The number of ketones is 1. The third-order valence-electron chi connectivity index (χ3n) is 3.11. The average Bonchev–Trinajstić information content (AvgIpc) is 2.23. The standard InChI is InChI=1S/C11H12O4/c12-8-4-5-9(13)10-6(8)2-1-3-7(10)11(14)15/h1,3-8,10,12H,2H2,(H,14,15)/t6-,7-,8+,10+/m1/s1. The van der Waals surface area contributed by atoms with Gasteiger partial charge >= 0.3 is 5.97 Å². The molecular weight excluding hydrogens is 196 g/mol. The normalized spacial score (nSPS) is 38.9. The van der Waals surface area contributed by atoms with Crippen molar-refractivity contribution in [1.82, 2.24) is 0 Å². The van der Waals surface area contributed by atoms with E-state index in [9.17, 15) is 14.7 Å². The molecule has 2 aliphatic rings. The fraction of sp³-hybridized carbons (Fsp3) is 0.455. The van der Waals surface area contributed by atoms with Crippen LogP contribution < -0.4 is 0 Å². The van der Waals surface area contributed by atoms with Crippen LogP contribution in [0.15, 0.2) is 24.3 Å². The Hall–Kier alpha value is -1.42. The van der Waals surface area contributed by atoms with Crippen LogP contribution in [0.4, 0.5) is 0 Å². The fourth-order valence-corrected chi connectivity index (χ4v) is 2.34. The first-order chi connectivity index (χ1) is 7.11. The van der Waals surface area contributed by atoms with Crippen molar-refractivity contribution in [2.45, 2.75) is 12.5 Å². The lowest BCUT2D eigenvalue weighted by Gasteiger charge is -2.35. The van der Waals surface area contributed by atoms with Gasteiger partial charge < -0.3 is 10.2 Å². The predicted octanol–water partition coefficient (Wildman–Crippen LogP) is 0.379. The first-order valence-electron chi connectivity index (χ1n) is 4.91. The van der Waals surface area contributed by atoms with Gasteiger partial charge in [0.1, 0.15) is 0 Å². The monoisotopic (exact) mass is 208 g/mol. The fourth-order valence-electron chi connectivity index (χ4n) is 2.34. The van der Waals surface area contributed by atoms with E-state index in [1.54, 1.807) is 12.2 Å². The Kier molecular flexibility index (Phi) is 2.44. The number of carbonyl (C=O) groups is 2. The number of aliphatic carboxylic acids is 1. The molecule has 0 aromatic rings. The molecule has 0 spiro atoms. The zero-order valence-electron chi connectivity index (χ0n) is 8.04. The topological polar surface area (TPSA) is 74.6 Å². The summed E-state index contributed by atoms with van der Waals surface area (Å²) in [5.74, 6) is -2.88. The molecular formula is C11H12O4. The molecule has 0 unspecified atom stereocenters. The van der Waals surface area contributed by atoms with Crippen LogP contribution in [-0.2, 0) is 9.59 Å². The van der Waals surface area contributed by atoms with E-state index < -0.39 is 23.9 Å². The van der Waals surface area contributed by atoms with E-state index in [1.807, 2.05) is 0 Å². The summed E-state index contributed by atoms with van der Waals surface area (Å²) < 4.78 is 0. The SMILES string of the molecule is O=C1C=C[C@H](O)[C@H]2CC=C[C@@H](C(=O)O)[C@@H]12. The van der Waals surface area contributed by atoms with E-state index in [2.05, 4.69) is 0 Å². The van der Waals surface area contributed by atoms with E-state index in [-0.39, 0.29) is 11.7 Å². The van der Waals surface area contributed by atoms with Gasteiger partial charge in [0.2, 0.25) is 0 Å². The summed E-state index contributed by atoms with van der Waals surface area (Å²) in [5, 5.41) is 18.6. The lowest BCUT2D eigenvalue weighted by molar-refractivity contribution is -0.146. The van der Waals surface area contributed by atoms with Gasteiger partial charge in [-0.1, -0.05) is 18.2 Å². The molecule has 2 aliphatic carbocycles. The third-order valence-corrected chi connectivity index (χ3v) is 3.11. The van der Waals surface area contributed by atoms with Gasteiger partial charge in [0.25, 0.3) is 0 Å². The molecule has 80 valence electrons. The molecule has 0 fully saturated rings. The van der Waals surface area contributed by atoms with Gasteiger partial charge in [-0.3, -0.25) is 9.59 Å². The molecule has 4 atom stereocenters. The maximum atomic E-state index is 11.6. The number of hydrogen-bond donors (Lipinski definition) is 2. The molecule has 2 N–H and O–H groups in total. The summed E-state index contributed by atoms with van der Waals surface area (Å²) in [4.78, 5) is 22.5. The molecule has 0 aromatic carbocycles. The van der Waals surface area contributed by atoms with Crippen LogP contribution in [0.5, 0.6) is 0 Å².